The number of allylic oxidation sites excluding steroid dienone is 4. The van der Waals surface area contributed by atoms with E-state index in [0.29, 0.717) is 25.0 Å². The van der Waals surface area contributed by atoms with Crippen LogP contribution in [-0.4, -0.2) is 11.6 Å². The number of rotatable bonds is 9. The second-order valence-electron chi connectivity index (χ2n) is 10.5. The number of hydrogen-bond donors (Lipinski definition) is 0. The fourth-order valence-electron chi connectivity index (χ4n) is 5.06. The first-order chi connectivity index (χ1) is 15.7. The summed E-state index contributed by atoms with van der Waals surface area (Å²) in [6.07, 6.45) is 5.61. The smallest absolute Gasteiger partial charge is 0.167 e. The van der Waals surface area contributed by atoms with Crippen LogP contribution in [0.15, 0.2) is 83.5 Å². The highest BCUT2D eigenvalue weighted by atomic mass is 16.1. The summed E-state index contributed by atoms with van der Waals surface area (Å²) in [5, 5.41) is 0. The molecule has 0 saturated carbocycles. The van der Waals surface area contributed by atoms with Crippen LogP contribution < -0.4 is 0 Å². The van der Waals surface area contributed by atoms with Gasteiger partial charge in [0.05, 0.1) is 5.92 Å². The minimum absolute atomic E-state index is 0.00905. The van der Waals surface area contributed by atoms with Gasteiger partial charge in [-0.2, -0.15) is 0 Å². The van der Waals surface area contributed by atoms with Crippen LogP contribution in [0.1, 0.15) is 83.8 Å². The van der Waals surface area contributed by atoms with Gasteiger partial charge in [0.1, 0.15) is 5.78 Å². The lowest BCUT2D eigenvalue weighted by Gasteiger charge is -2.32. The Morgan fingerprint density at radius 2 is 1.48 bits per heavy atom. The monoisotopic (exact) mass is 442 g/mol. The summed E-state index contributed by atoms with van der Waals surface area (Å²) in [5.74, 6) is 0.282. The average Bonchev–Trinajstić information content (AvgIpc) is 2.77. The number of benzene rings is 2. The second kappa shape index (κ2) is 10.9. The second-order valence-corrected chi connectivity index (χ2v) is 10.5. The molecule has 0 fully saturated rings. The van der Waals surface area contributed by atoms with Crippen LogP contribution in [0, 0.1) is 11.3 Å². The Kier molecular flexibility index (Phi) is 8.24. The standard InChI is InChI=1S/C31H38O2/c1-6-23-20-22(2)28(30(33)27(23)19-13-18-26(32)21-31(3,4)5)29(24-14-9-7-10-15-24)25-16-11-8-12-17-25/h7-12,14-17,20,28-29H,6,13,18-19,21H2,1-5H3. The largest absolute Gasteiger partial charge is 0.300 e. The van der Waals surface area contributed by atoms with Gasteiger partial charge >= 0.3 is 0 Å². The molecule has 2 aromatic rings. The van der Waals surface area contributed by atoms with Gasteiger partial charge in [-0.25, -0.2) is 0 Å². The van der Waals surface area contributed by atoms with Crippen molar-refractivity contribution in [1.29, 1.82) is 0 Å². The summed E-state index contributed by atoms with van der Waals surface area (Å²) in [4.78, 5) is 26.4. The number of carbonyl (C=O) groups excluding carboxylic acids is 2. The van der Waals surface area contributed by atoms with E-state index in [1.807, 2.05) is 36.4 Å². The third-order valence-electron chi connectivity index (χ3n) is 6.50. The summed E-state index contributed by atoms with van der Waals surface area (Å²) in [5.41, 5.74) is 5.52. The SMILES string of the molecule is CCC1=C(CCCC(=O)CC(C)(C)C)C(=O)C(C(c2ccccc2)c2ccccc2)C(C)=C1. The van der Waals surface area contributed by atoms with E-state index >= 15 is 0 Å². The van der Waals surface area contributed by atoms with E-state index in [1.54, 1.807) is 0 Å². The van der Waals surface area contributed by atoms with E-state index in [4.69, 9.17) is 0 Å². The lowest BCUT2D eigenvalue weighted by Crippen LogP contribution is -2.29. The van der Waals surface area contributed by atoms with Crippen molar-refractivity contribution in [3.63, 3.8) is 0 Å². The molecule has 0 heterocycles. The van der Waals surface area contributed by atoms with Crippen molar-refractivity contribution in [2.45, 2.75) is 72.6 Å². The molecule has 0 radical (unpaired) electrons. The topological polar surface area (TPSA) is 34.1 Å². The van der Waals surface area contributed by atoms with Crippen LogP contribution in [0.25, 0.3) is 0 Å². The minimum Gasteiger partial charge on any atom is -0.300 e. The molecule has 0 spiro atoms. The van der Waals surface area contributed by atoms with Gasteiger partial charge in [0, 0.05) is 18.8 Å². The van der Waals surface area contributed by atoms with Crippen molar-refractivity contribution in [2.75, 3.05) is 0 Å². The summed E-state index contributed by atoms with van der Waals surface area (Å²) in [6.45, 7) is 10.5. The van der Waals surface area contributed by atoms with Gasteiger partial charge in [0.25, 0.3) is 0 Å². The number of ketones is 2. The first kappa shape index (κ1) is 24.9. The van der Waals surface area contributed by atoms with Crippen molar-refractivity contribution in [2.24, 2.45) is 11.3 Å². The van der Waals surface area contributed by atoms with Crippen LogP contribution >= 0.6 is 0 Å². The fraction of sp³-hybridized carbons (Fsp3) is 0.419. The van der Waals surface area contributed by atoms with Crippen molar-refractivity contribution < 1.29 is 9.59 Å². The van der Waals surface area contributed by atoms with Gasteiger partial charge in [-0.05, 0) is 53.9 Å². The maximum atomic E-state index is 14.0. The lowest BCUT2D eigenvalue weighted by atomic mass is 9.69. The molecule has 2 heteroatoms. The van der Waals surface area contributed by atoms with Crippen molar-refractivity contribution in [3.05, 3.63) is 94.6 Å². The first-order valence-corrected chi connectivity index (χ1v) is 12.3. The summed E-state index contributed by atoms with van der Waals surface area (Å²) in [6, 6.07) is 20.7. The Morgan fingerprint density at radius 3 is 1.97 bits per heavy atom. The quantitative estimate of drug-likeness (QED) is 0.396. The molecule has 174 valence electrons. The van der Waals surface area contributed by atoms with Gasteiger partial charge in [0.15, 0.2) is 5.78 Å². The fourth-order valence-corrected chi connectivity index (χ4v) is 5.06. The molecule has 0 amide bonds. The van der Waals surface area contributed by atoms with Crippen LogP contribution in [0.2, 0.25) is 0 Å². The van der Waals surface area contributed by atoms with Gasteiger partial charge in [-0.3, -0.25) is 9.59 Å². The molecule has 0 bridgehead atoms. The highest BCUT2D eigenvalue weighted by molar-refractivity contribution is 6.02. The zero-order valence-electron chi connectivity index (χ0n) is 20.9. The van der Waals surface area contributed by atoms with E-state index in [1.165, 1.54) is 0 Å². The van der Waals surface area contributed by atoms with Crippen molar-refractivity contribution in [3.8, 4) is 0 Å². The lowest BCUT2D eigenvalue weighted by molar-refractivity contribution is -0.121. The Morgan fingerprint density at radius 1 is 0.939 bits per heavy atom. The predicted molar refractivity (Wildman–Crippen MR) is 137 cm³/mol. The molecule has 1 aliphatic rings. The van der Waals surface area contributed by atoms with E-state index in [0.717, 1.165) is 40.7 Å². The highest BCUT2D eigenvalue weighted by Gasteiger charge is 2.36. The molecule has 1 aliphatic carbocycles. The molecular formula is C31H38O2. The van der Waals surface area contributed by atoms with E-state index < -0.39 is 0 Å². The zero-order chi connectivity index (χ0) is 24.0. The maximum Gasteiger partial charge on any atom is 0.167 e. The molecule has 1 unspecified atom stereocenters. The Hall–Kier alpha value is -2.74. The maximum absolute atomic E-state index is 14.0. The third kappa shape index (κ3) is 6.41. The molecule has 3 rings (SSSR count). The van der Waals surface area contributed by atoms with Crippen molar-refractivity contribution in [1.82, 2.24) is 0 Å². The summed E-state index contributed by atoms with van der Waals surface area (Å²) < 4.78 is 0. The molecule has 33 heavy (non-hydrogen) atoms. The van der Waals surface area contributed by atoms with E-state index in [-0.39, 0.29) is 23.0 Å². The van der Waals surface area contributed by atoms with E-state index in [9.17, 15) is 9.59 Å². The molecule has 1 atom stereocenters. The Labute approximate surface area is 199 Å². The van der Waals surface area contributed by atoms with Crippen molar-refractivity contribution >= 4 is 11.6 Å². The Balaban J connectivity index is 1.89. The van der Waals surface area contributed by atoms with Gasteiger partial charge in [0.2, 0.25) is 0 Å². The normalized spacial score (nSPS) is 16.8. The van der Waals surface area contributed by atoms with Crippen LogP contribution in [-0.2, 0) is 9.59 Å². The van der Waals surface area contributed by atoms with Gasteiger partial charge in [-0.1, -0.05) is 100 Å². The number of Topliss-reactive ketones (excluding diaryl/α,β-unsaturated/α-hetero) is 2. The first-order valence-electron chi connectivity index (χ1n) is 12.3. The summed E-state index contributed by atoms with van der Waals surface area (Å²) >= 11 is 0. The Bertz CT molecular complexity index is 980. The zero-order valence-corrected chi connectivity index (χ0v) is 20.9. The highest BCUT2D eigenvalue weighted by Crippen LogP contribution is 2.42. The van der Waals surface area contributed by atoms with Crippen LogP contribution in [0.5, 0.6) is 0 Å². The molecule has 2 aromatic carbocycles. The third-order valence-corrected chi connectivity index (χ3v) is 6.50. The predicted octanol–water partition coefficient (Wildman–Crippen LogP) is 7.85. The summed E-state index contributed by atoms with van der Waals surface area (Å²) in [7, 11) is 0. The van der Waals surface area contributed by atoms with Gasteiger partial charge in [-0.15, -0.1) is 0 Å². The molecule has 0 aromatic heterocycles. The molecule has 0 saturated heterocycles. The van der Waals surface area contributed by atoms with Crippen LogP contribution in [0.3, 0.4) is 0 Å². The average molecular weight is 443 g/mol. The van der Waals surface area contributed by atoms with Crippen LogP contribution in [0.4, 0.5) is 0 Å². The number of hydrogen-bond acceptors (Lipinski definition) is 2. The molecular weight excluding hydrogens is 404 g/mol. The number of carbonyl (C=O) groups is 2. The molecule has 0 aliphatic heterocycles. The minimum atomic E-state index is -0.217. The van der Waals surface area contributed by atoms with Gasteiger partial charge < -0.3 is 0 Å². The van der Waals surface area contributed by atoms with E-state index in [2.05, 4.69) is 65.0 Å². The molecule has 0 N–H and O–H groups in total. The molecule has 2 nitrogen and oxygen atoms in total.